The van der Waals surface area contributed by atoms with Crippen LogP contribution in [0.3, 0.4) is 0 Å². The summed E-state index contributed by atoms with van der Waals surface area (Å²) in [5.41, 5.74) is 0.196. The number of hydrogen-bond acceptors (Lipinski definition) is 3. The number of benzene rings is 1. The second-order valence-corrected chi connectivity index (χ2v) is 4.53. The molecule has 1 rings (SSSR count). The smallest absolute Gasteiger partial charge is 0.256 e. The van der Waals surface area contributed by atoms with Crippen LogP contribution in [0.5, 0.6) is 0 Å². The van der Waals surface area contributed by atoms with Gasteiger partial charge in [0.15, 0.2) is 0 Å². The van der Waals surface area contributed by atoms with Crippen LogP contribution in [0.1, 0.15) is 26.3 Å². The van der Waals surface area contributed by atoms with Crippen LogP contribution in [0.25, 0.3) is 0 Å². The predicted molar refractivity (Wildman–Crippen MR) is 59.9 cm³/mol. The molecule has 0 atom stereocenters. The third kappa shape index (κ3) is 2.59. The molecule has 1 N–H and O–H groups in total. The van der Waals surface area contributed by atoms with E-state index in [1.165, 1.54) is 12.1 Å². The number of hydroxylamine groups is 1. The van der Waals surface area contributed by atoms with Gasteiger partial charge in [-0.1, -0.05) is 20.8 Å². The fourth-order valence-corrected chi connectivity index (χ4v) is 1.11. The van der Waals surface area contributed by atoms with Crippen molar-refractivity contribution in [3.8, 4) is 6.07 Å². The van der Waals surface area contributed by atoms with E-state index in [9.17, 15) is 10.0 Å². The van der Waals surface area contributed by atoms with Crippen molar-refractivity contribution in [1.29, 1.82) is 5.26 Å². The standard InChI is InChI=1S/C12H14N2O2/c1-12(2,3)11(15)14(16)10-6-4-9(8-13)5-7-10/h4-7,16H,1-3H3. The highest BCUT2D eigenvalue weighted by Crippen LogP contribution is 2.21. The molecule has 0 aliphatic heterocycles. The molecule has 1 aromatic carbocycles. The topological polar surface area (TPSA) is 64.3 Å². The summed E-state index contributed by atoms with van der Waals surface area (Å²) in [6.07, 6.45) is 0. The van der Waals surface area contributed by atoms with Gasteiger partial charge in [0.2, 0.25) is 0 Å². The van der Waals surface area contributed by atoms with Crippen LogP contribution in [0.15, 0.2) is 24.3 Å². The SMILES string of the molecule is CC(C)(C)C(=O)N(O)c1ccc(C#N)cc1. The maximum Gasteiger partial charge on any atom is 0.256 e. The van der Waals surface area contributed by atoms with Gasteiger partial charge in [-0.2, -0.15) is 10.3 Å². The Morgan fingerprint density at radius 3 is 2.19 bits per heavy atom. The molecule has 84 valence electrons. The van der Waals surface area contributed by atoms with Crippen molar-refractivity contribution in [3.63, 3.8) is 0 Å². The average Bonchev–Trinajstić information content (AvgIpc) is 2.26. The van der Waals surface area contributed by atoms with Gasteiger partial charge in [-0.05, 0) is 24.3 Å². The number of hydrogen-bond donors (Lipinski definition) is 1. The van der Waals surface area contributed by atoms with Crippen LogP contribution in [0, 0.1) is 16.7 Å². The van der Waals surface area contributed by atoms with E-state index >= 15 is 0 Å². The quantitative estimate of drug-likeness (QED) is 0.581. The maximum absolute atomic E-state index is 11.7. The fraction of sp³-hybridized carbons (Fsp3) is 0.333. The number of anilines is 1. The van der Waals surface area contributed by atoms with Crippen molar-refractivity contribution in [1.82, 2.24) is 0 Å². The zero-order chi connectivity index (χ0) is 12.3. The van der Waals surface area contributed by atoms with E-state index in [1.807, 2.05) is 6.07 Å². The lowest BCUT2D eigenvalue weighted by atomic mass is 9.95. The van der Waals surface area contributed by atoms with Gasteiger partial charge >= 0.3 is 0 Å². The molecule has 0 aromatic heterocycles. The fourth-order valence-electron chi connectivity index (χ4n) is 1.11. The molecule has 16 heavy (non-hydrogen) atoms. The second-order valence-electron chi connectivity index (χ2n) is 4.53. The van der Waals surface area contributed by atoms with Crippen molar-refractivity contribution < 1.29 is 10.0 Å². The minimum atomic E-state index is -0.650. The monoisotopic (exact) mass is 218 g/mol. The molecule has 0 aliphatic rings. The van der Waals surface area contributed by atoms with E-state index < -0.39 is 11.3 Å². The number of carbonyl (C=O) groups excluding carboxylic acids is 1. The van der Waals surface area contributed by atoms with Gasteiger partial charge in [0.05, 0.1) is 17.3 Å². The Morgan fingerprint density at radius 2 is 1.81 bits per heavy atom. The molecule has 4 nitrogen and oxygen atoms in total. The molecule has 0 radical (unpaired) electrons. The molecule has 0 spiro atoms. The van der Waals surface area contributed by atoms with Crippen LogP contribution in [-0.2, 0) is 4.79 Å². The van der Waals surface area contributed by atoms with Gasteiger partial charge in [0, 0.05) is 5.41 Å². The number of carbonyl (C=O) groups is 1. The van der Waals surface area contributed by atoms with Crippen LogP contribution in [0.2, 0.25) is 0 Å². The summed E-state index contributed by atoms with van der Waals surface area (Å²) in [6, 6.07) is 8.13. The molecular weight excluding hydrogens is 204 g/mol. The largest absolute Gasteiger partial charge is 0.281 e. The molecule has 0 bridgehead atoms. The highest BCUT2D eigenvalue weighted by atomic mass is 16.5. The number of nitrogens with zero attached hydrogens (tertiary/aromatic N) is 2. The number of nitriles is 1. The predicted octanol–water partition coefficient (Wildman–Crippen LogP) is 2.33. The van der Waals surface area contributed by atoms with Crippen molar-refractivity contribution in [2.75, 3.05) is 5.06 Å². The number of amides is 1. The first-order valence-corrected chi connectivity index (χ1v) is 4.90. The van der Waals surface area contributed by atoms with E-state index in [1.54, 1.807) is 32.9 Å². The summed E-state index contributed by atoms with van der Waals surface area (Å²) in [5, 5.41) is 18.9. The summed E-state index contributed by atoms with van der Waals surface area (Å²) >= 11 is 0. The molecule has 0 saturated carbocycles. The van der Waals surface area contributed by atoms with E-state index in [2.05, 4.69) is 0 Å². The van der Waals surface area contributed by atoms with Crippen LogP contribution >= 0.6 is 0 Å². The maximum atomic E-state index is 11.7. The third-order valence-electron chi connectivity index (χ3n) is 2.07. The Hall–Kier alpha value is -1.86. The van der Waals surface area contributed by atoms with Crippen molar-refractivity contribution >= 4 is 11.6 Å². The summed E-state index contributed by atoms with van der Waals surface area (Å²) in [7, 11) is 0. The highest BCUT2D eigenvalue weighted by Gasteiger charge is 2.27. The Kier molecular flexibility index (Phi) is 3.31. The van der Waals surface area contributed by atoms with E-state index in [0.29, 0.717) is 16.3 Å². The first-order valence-electron chi connectivity index (χ1n) is 4.90. The third-order valence-corrected chi connectivity index (χ3v) is 2.07. The molecule has 4 heteroatoms. The van der Waals surface area contributed by atoms with Crippen LogP contribution in [-0.4, -0.2) is 11.1 Å². The zero-order valence-corrected chi connectivity index (χ0v) is 9.56. The first kappa shape index (κ1) is 12.2. The molecule has 0 aliphatic carbocycles. The van der Waals surface area contributed by atoms with Crippen molar-refractivity contribution in [3.05, 3.63) is 29.8 Å². The van der Waals surface area contributed by atoms with E-state index in [0.717, 1.165) is 0 Å². The Balaban J connectivity index is 2.94. The molecule has 1 amide bonds. The van der Waals surface area contributed by atoms with Crippen molar-refractivity contribution in [2.45, 2.75) is 20.8 Å². The molecule has 0 unspecified atom stereocenters. The lowest BCUT2D eigenvalue weighted by molar-refractivity contribution is -0.131. The highest BCUT2D eigenvalue weighted by molar-refractivity contribution is 5.94. The van der Waals surface area contributed by atoms with Gasteiger partial charge in [-0.15, -0.1) is 0 Å². The Labute approximate surface area is 94.7 Å². The Bertz CT molecular complexity index is 424. The Morgan fingerprint density at radius 1 is 1.31 bits per heavy atom. The zero-order valence-electron chi connectivity index (χ0n) is 9.56. The summed E-state index contributed by atoms with van der Waals surface area (Å²) in [6.45, 7) is 5.17. The summed E-state index contributed by atoms with van der Waals surface area (Å²) < 4.78 is 0. The van der Waals surface area contributed by atoms with Crippen LogP contribution in [0.4, 0.5) is 5.69 Å². The number of rotatable bonds is 1. The first-order chi connectivity index (χ1) is 7.36. The molecule has 0 fully saturated rings. The lowest BCUT2D eigenvalue weighted by Crippen LogP contribution is -2.37. The van der Waals surface area contributed by atoms with E-state index in [-0.39, 0.29) is 0 Å². The molecular formula is C12H14N2O2. The molecule has 0 saturated heterocycles. The van der Waals surface area contributed by atoms with Crippen LogP contribution < -0.4 is 5.06 Å². The summed E-state index contributed by atoms with van der Waals surface area (Å²) in [5.74, 6) is -0.391. The van der Waals surface area contributed by atoms with Crippen molar-refractivity contribution in [2.24, 2.45) is 5.41 Å². The lowest BCUT2D eigenvalue weighted by Gasteiger charge is -2.23. The second kappa shape index (κ2) is 4.33. The molecule has 1 aromatic rings. The van der Waals surface area contributed by atoms with Gasteiger partial charge < -0.3 is 0 Å². The summed E-state index contributed by atoms with van der Waals surface area (Å²) in [4.78, 5) is 11.7. The minimum Gasteiger partial charge on any atom is -0.281 e. The average molecular weight is 218 g/mol. The van der Waals surface area contributed by atoms with E-state index in [4.69, 9.17) is 5.26 Å². The van der Waals surface area contributed by atoms with Gasteiger partial charge in [-0.25, -0.2) is 0 Å². The van der Waals surface area contributed by atoms with Gasteiger partial charge in [0.1, 0.15) is 0 Å². The van der Waals surface area contributed by atoms with Gasteiger partial charge in [0.25, 0.3) is 5.91 Å². The normalized spacial score (nSPS) is 10.7. The molecule has 0 heterocycles. The minimum absolute atomic E-state index is 0.360. The van der Waals surface area contributed by atoms with Gasteiger partial charge in [-0.3, -0.25) is 10.0 Å².